The predicted molar refractivity (Wildman–Crippen MR) is 134 cm³/mol. The summed E-state index contributed by atoms with van der Waals surface area (Å²) < 4.78 is 10.9. The largest absolute Gasteiger partial charge is 0.426 e. The molecule has 1 aliphatic carbocycles. The fourth-order valence-electron chi connectivity index (χ4n) is 4.52. The maximum absolute atomic E-state index is 12.6. The third-order valence-corrected chi connectivity index (χ3v) is 7.30. The zero-order valence-corrected chi connectivity index (χ0v) is 21.4. The molecule has 34 heavy (non-hydrogen) atoms. The van der Waals surface area contributed by atoms with Gasteiger partial charge in [-0.05, 0) is 69.2 Å². The van der Waals surface area contributed by atoms with Gasteiger partial charge in [-0.25, -0.2) is 4.79 Å². The molecule has 1 aliphatic rings. The molecule has 0 heterocycles. The van der Waals surface area contributed by atoms with Gasteiger partial charge in [-0.3, -0.25) is 4.79 Å². The Bertz CT molecular complexity index is 789. The van der Waals surface area contributed by atoms with Crippen LogP contribution >= 0.6 is 0 Å². The summed E-state index contributed by atoms with van der Waals surface area (Å²) in [5.41, 5.74) is -1.17. The normalized spacial score (nSPS) is 19.6. The van der Waals surface area contributed by atoms with Crippen LogP contribution in [0.4, 0.5) is 0 Å². The van der Waals surface area contributed by atoms with Gasteiger partial charge in [0.15, 0.2) is 5.41 Å². The summed E-state index contributed by atoms with van der Waals surface area (Å²) in [4.78, 5) is 24.8. The van der Waals surface area contributed by atoms with Crippen LogP contribution in [0.25, 0.3) is 0 Å². The molecule has 0 spiro atoms. The molecular weight excluding hydrogens is 426 g/mol. The maximum Gasteiger partial charge on any atom is 0.331 e. The van der Waals surface area contributed by atoms with Crippen molar-refractivity contribution in [3.63, 3.8) is 0 Å². The Labute approximate surface area is 206 Å². The first-order valence-electron chi connectivity index (χ1n) is 13.4. The highest BCUT2D eigenvalue weighted by molar-refractivity contribution is 5.81. The smallest absolute Gasteiger partial charge is 0.331 e. The Morgan fingerprint density at radius 1 is 0.882 bits per heavy atom. The van der Waals surface area contributed by atoms with E-state index in [1.165, 1.54) is 57.8 Å². The molecule has 1 saturated carbocycles. The van der Waals surface area contributed by atoms with Gasteiger partial charge in [-0.15, -0.1) is 0 Å². The second-order valence-electron chi connectivity index (χ2n) is 10.1. The molecule has 0 N–H and O–H groups in total. The molecule has 0 saturated heterocycles. The molecule has 188 valence electrons. The molecule has 1 unspecified atom stereocenters. The molecule has 2 rings (SSSR count). The second kappa shape index (κ2) is 14.8. The van der Waals surface area contributed by atoms with E-state index in [0.717, 1.165) is 31.6 Å². The molecule has 1 aromatic carbocycles. The molecule has 5 nitrogen and oxygen atoms in total. The first kappa shape index (κ1) is 27.9. The molecular formula is C29H43NO4. The second-order valence-corrected chi connectivity index (χ2v) is 10.1. The number of carbonyl (C=O) groups excluding carboxylic acids is 2. The van der Waals surface area contributed by atoms with Crippen LogP contribution in [0, 0.1) is 28.6 Å². The average Bonchev–Trinajstić information content (AvgIpc) is 2.86. The van der Waals surface area contributed by atoms with Crippen LogP contribution < -0.4 is 9.47 Å². The Hall–Kier alpha value is -2.35. The standard InChI is InChI=1S/C29H43NO4/c1-4-6-7-8-9-10-11-12-13-23-14-16-24(17-15-23)27(31)33-25-18-20-26(21-19-25)34-28(32)29(3,5-2)22-30/h18-21,23-24H,4-17H2,1-3H3. The minimum atomic E-state index is -1.17. The van der Waals surface area contributed by atoms with Crippen LogP contribution in [0.5, 0.6) is 11.5 Å². The van der Waals surface area contributed by atoms with Crippen LogP contribution in [-0.4, -0.2) is 11.9 Å². The fourth-order valence-corrected chi connectivity index (χ4v) is 4.52. The van der Waals surface area contributed by atoms with E-state index in [2.05, 4.69) is 6.92 Å². The van der Waals surface area contributed by atoms with E-state index in [4.69, 9.17) is 9.47 Å². The third kappa shape index (κ3) is 9.12. The van der Waals surface area contributed by atoms with Crippen molar-refractivity contribution < 1.29 is 19.1 Å². The van der Waals surface area contributed by atoms with Crippen LogP contribution in [0.1, 0.15) is 111 Å². The minimum Gasteiger partial charge on any atom is -0.426 e. The van der Waals surface area contributed by atoms with E-state index < -0.39 is 11.4 Å². The fraction of sp³-hybridized carbons (Fsp3) is 0.690. The van der Waals surface area contributed by atoms with Crippen molar-refractivity contribution in [3.05, 3.63) is 24.3 Å². The van der Waals surface area contributed by atoms with Crippen LogP contribution in [0.3, 0.4) is 0 Å². The number of nitriles is 1. The SMILES string of the molecule is CCCCCCCCCCC1CCC(C(=O)Oc2ccc(OC(=O)C(C)(C#N)CC)cc2)CC1. The van der Waals surface area contributed by atoms with E-state index in [1.807, 2.05) is 6.07 Å². The van der Waals surface area contributed by atoms with Crippen molar-refractivity contribution in [2.24, 2.45) is 17.3 Å². The van der Waals surface area contributed by atoms with E-state index in [0.29, 0.717) is 17.9 Å². The average molecular weight is 470 g/mol. The number of benzene rings is 1. The lowest BCUT2D eigenvalue weighted by atomic mass is 9.80. The van der Waals surface area contributed by atoms with Crippen molar-refractivity contribution in [1.29, 1.82) is 5.26 Å². The van der Waals surface area contributed by atoms with E-state index in [1.54, 1.807) is 38.1 Å². The molecule has 0 bridgehead atoms. The van der Waals surface area contributed by atoms with Gasteiger partial charge in [0.05, 0.1) is 12.0 Å². The zero-order valence-electron chi connectivity index (χ0n) is 21.4. The Morgan fingerprint density at radius 3 is 1.94 bits per heavy atom. The third-order valence-electron chi connectivity index (χ3n) is 7.30. The summed E-state index contributed by atoms with van der Waals surface area (Å²) in [6.07, 6.45) is 16.5. The molecule has 1 atom stereocenters. The molecule has 0 radical (unpaired) electrons. The van der Waals surface area contributed by atoms with Gasteiger partial charge in [0.25, 0.3) is 0 Å². The van der Waals surface area contributed by atoms with Crippen LogP contribution in [-0.2, 0) is 9.59 Å². The lowest BCUT2D eigenvalue weighted by molar-refractivity contribution is -0.142. The van der Waals surface area contributed by atoms with E-state index >= 15 is 0 Å². The number of esters is 2. The lowest BCUT2D eigenvalue weighted by Crippen LogP contribution is -2.29. The van der Waals surface area contributed by atoms with Gasteiger partial charge >= 0.3 is 11.9 Å². The number of rotatable bonds is 14. The summed E-state index contributed by atoms with van der Waals surface area (Å²) in [5, 5.41) is 9.21. The van der Waals surface area contributed by atoms with Gasteiger partial charge in [-0.1, -0.05) is 71.6 Å². The predicted octanol–water partition coefficient (Wildman–Crippen LogP) is 7.77. The van der Waals surface area contributed by atoms with E-state index in [9.17, 15) is 14.9 Å². The monoisotopic (exact) mass is 469 g/mol. The molecule has 5 heteroatoms. The molecule has 0 aliphatic heterocycles. The highest BCUT2D eigenvalue weighted by atomic mass is 16.5. The van der Waals surface area contributed by atoms with Crippen molar-refractivity contribution in [2.75, 3.05) is 0 Å². The van der Waals surface area contributed by atoms with Crippen LogP contribution in [0.2, 0.25) is 0 Å². The first-order chi connectivity index (χ1) is 16.4. The lowest BCUT2D eigenvalue weighted by Gasteiger charge is -2.27. The summed E-state index contributed by atoms with van der Waals surface area (Å²) in [6, 6.07) is 8.45. The van der Waals surface area contributed by atoms with Crippen molar-refractivity contribution >= 4 is 11.9 Å². The highest BCUT2D eigenvalue weighted by Crippen LogP contribution is 2.33. The maximum atomic E-state index is 12.6. The number of unbranched alkanes of at least 4 members (excludes halogenated alkanes) is 7. The van der Waals surface area contributed by atoms with Gasteiger partial charge < -0.3 is 9.47 Å². The number of carbonyl (C=O) groups is 2. The summed E-state index contributed by atoms with van der Waals surface area (Å²) >= 11 is 0. The topological polar surface area (TPSA) is 76.4 Å². The summed E-state index contributed by atoms with van der Waals surface area (Å²) in [5.74, 6) is 0.753. The molecule has 0 amide bonds. The highest BCUT2D eigenvalue weighted by Gasteiger charge is 2.33. The van der Waals surface area contributed by atoms with E-state index in [-0.39, 0.29) is 11.9 Å². The number of ether oxygens (including phenoxy) is 2. The minimum absolute atomic E-state index is 0.0341. The van der Waals surface area contributed by atoms with Gasteiger partial charge in [0.2, 0.25) is 0 Å². The summed E-state index contributed by atoms with van der Waals surface area (Å²) in [6.45, 7) is 5.60. The number of hydrogen-bond acceptors (Lipinski definition) is 5. The number of nitrogens with zero attached hydrogens (tertiary/aromatic N) is 1. The van der Waals surface area contributed by atoms with Gasteiger partial charge in [0.1, 0.15) is 11.5 Å². The number of hydrogen-bond donors (Lipinski definition) is 0. The van der Waals surface area contributed by atoms with Gasteiger partial charge in [0, 0.05) is 0 Å². The zero-order chi connectivity index (χ0) is 24.8. The molecule has 0 aromatic heterocycles. The van der Waals surface area contributed by atoms with Crippen molar-refractivity contribution in [2.45, 2.75) is 111 Å². The van der Waals surface area contributed by atoms with Crippen LogP contribution in [0.15, 0.2) is 24.3 Å². The van der Waals surface area contributed by atoms with Crippen molar-refractivity contribution in [3.8, 4) is 17.6 Å². The Morgan fingerprint density at radius 2 is 1.41 bits per heavy atom. The quantitative estimate of drug-likeness (QED) is 0.158. The summed E-state index contributed by atoms with van der Waals surface area (Å²) in [7, 11) is 0. The van der Waals surface area contributed by atoms with Gasteiger partial charge in [-0.2, -0.15) is 5.26 Å². The van der Waals surface area contributed by atoms with Crippen molar-refractivity contribution in [1.82, 2.24) is 0 Å². The Kier molecular flexibility index (Phi) is 12.2. The molecule has 1 aromatic rings. The molecule has 1 fully saturated rings. The Balaban J connectivity index is 1.66. The first-order valence-corrected chi connectivity index (χ1v) is 13.4.